The van der Waals surface area contributed by atoms with Crippen LogP contribution in [0.4, 0.5) is 4.39 Å². The molecule has 0 saturated carbocycles. The van der Waals surface area contributed by atoms with Gasteiger partial charge in [0, 0.05) is 24.4 Å². The third kappa shape index (κ3) is 3.97. The van der Waals surface area contributed by atoms with Gasteiger partial charge in [0.1, 0.15) is 23.9 Å². The van der Waals surface area contributed by atoms with Crippen molar-refractivity contribution in [3.8, 4) is 5.69 Å². The molecule has 1 atom stereocenters. The van der Waals surface area contributed by atoms with Crippen LogP contribution in [0.2, 0.25) is 0 Å². The van der Waals surface area contributed by atoms with Crippen molar-refractivity contribution in [1.29, 1.82) is 0 Å². The molecule has 1 N–H and O–H groups in total. The van der Waals surface area contributed by atoms with Crippen LogP contribution in [-0.2, 0) is 17.9 Å². The molecule has 0 spiro atoms. The number of aromatic nitrogens is 2. The van der Waals surface area contributed by atoms with Gasteiger partial charge in [-0.3, -0.25) is 0 Å². The van der Waals surface area contributed by atoms with Gasteiger partial charge in [0.15, 0.2) is 0 Å². The first-order chi connectivity index (χ1) is 12.1. The van der Waals surface area contributed by atoms with Crippen LogP contribution < -0.4 is 5.32 Å². The molecule has 1 aromatic carbocycles. The first-order valence-corrected chi connectivity index (χ1v) is 8.19. The predicted octanol–water partition coefficient (Wildman–Crippen LogP) is 3.91. The predicted molar refractivity (Wildman–Crippen MR) is 92.9 cm³/mol. The lowest BCUT2D eigenvalue weighted by atomic mass is 10.1. The van der Waals surface area contributed by atoms with Crippen molar-refractivity contribution in [2.24, 2.45) is 0 Å². The maximum Gasteiger partial charge on any atom is 0.129 e. The van der Waals surface area contributed by atoms with E-state index < -0.39 is 0 Å². The van der Waals surface area contributed by atoms with Crippen molar-refractivity contribution >= 4 is 0 Å². The number of halogens is 1. The molecule has 3 rings (SSSR count). The SMILES string of the molecule is COCc1ccc(CNC(C)c2cnn(-c3cccc(F)c3)c2C)o1. The molecule has 0 aliphatic rings. The van der Waals surface area contributed by atoms with E-state index in [9.17, 15) is 4.39 Å². The highest BCUT2D eigenvalue weighted by molar-refractivity contribution is 5.35. The number of ether oxygens (including phenoxy) is 1. The first-order valence-electron chi connectivity index (χ1n) is 8.19. The lowest BCUT2D eigenvalue weighted by molar-refractivity contribution is 0.162. The number of methoxy groups -OCH3 is 1. The molecule has 2 heterocycles. The summed E-state index contributed by atoms with van der Waals surface area (Å²) >= 11 is 0. The zero-order valence-electron chi connectivity index (χ0n) is 14.6. The van der Waals surface area contributed by atoms with Gasteiger partial charge in [0.25, 0.3) is 0 Å². The standard InChI is InChI=1S/C19H22FN3O2/c1-13(21-10-17-7-8-18(25-17)12-24-3)19-11-22-23(14(19)2)16-6-4-5-15(20)9-16/h4-9,11,13,21H,10,12H2,1-3H3. The number of hydrogen-bond acceptors (Lipinski definition) is 4. The fourth-order valence-electron chi connectivity index (χ4n) is 2.82. The summed E-state index contributed by atoms with van der Waals surface area (Å²) < 4.78 is 25.9. The molecule has 3 aromatic rings. The molecule has 0 bridgehead atoms. The van der Waals surface area contributed by atoms with E-state index >= 15 is 0 Å². The zero-order valence-corrected chi connectivity index (χ0v) is 14.6. The molecular formula is C19H22FN3O2. The summed E-state index contributed by atoms with van der Waals surface area (Å²) in [5.74, 6) is 1.39. The maximum atomic E-state index is 13.4. The number of furan rings is 1. The lowest BCUT2D eigenvalue weighted by Crippen LogP contribution is -2.18. The fraction of sp³-hybridized carbons (Fsp3) is 0.316. The monoisotopic (exact) mass is 343 g/mol. The Morgan fingerprint density at radius 3 is 2.84 bits per heavy atom. The minimum atomic E-state index is -0.273. The summed E-state index contributed by atoms with van der Waals surface area (Å²) in [4.78, 5) is 0. The number of hydrogen-bond donors (Lipinski definition) is 1. The second-order valence-corrected chi connectivity index (χ2v) is 5.98. The number of nitrogens with one attached hydrogen (secondary N) is 1. The Morgan fingerprint density at radius 1 is 1.28 bits per heavy atom. The second kappa shape index (κ2) is 7.63. The minimum absolute atomic E-state index is 0.0817. The lowest BCUT2D eigenvalue weighted by Gasteiger charge is -2.13. The van der Waals surface area contributed by atoms with E-state index in [2.05, 4.69) is 17.3 Å². The van der Waals surface area contributed by atoms with Crippen LogP contribution in [0, 0.1) is 12.7 Å². The number of nitrogens with zero attached hydrogens (tertiary/aromatic N) is 2. The van der Waals surface area contributed by atoms with E-state index in [1.54, 1.807) is 17.9 Å². The van der Waals surface area contributed by atoms with Crippen molar-refractivity contribution in [2.45, 2.75) is 33.0 Å². The Balaban J connectivity index is 1.69. The zero-order chi connectivity index (χ0) is 17.8. The summed E-state index contributed by atoms with van der Waals surface area (Å²) in [5.41, 5.74) is 2.75. The van der Waals surface area contributed by atoms with Gasteiger partial charge in [-0.15, -0.1) is 0 Å². The van der Waals surface area contributed by atoms with E-state index in [4.69, 9.17) is 9.15 Å². The molecule has 132 valence electrons. The third-order valence-electron chi connectivity index (χ3n) is 4.15. The van der Waals surface area contributed by atoms with Crippen molar-refractivity contribution in [3.63, 3.8) is 0 Å². The van der Waals surface area contributed by atoms with Crippen LogP contribution in [0.3, 0.4) is 0 Å². The van der Waals surface area contributed by atoms with E-state index in [0.29, 0.717) is 18.8 Å². The minimum Gasteiger partial charge on any atom is -0.462 e. The van der Waals surface area contributed by atoms with Crippen molar-refractivity contribution in [2.75, 3.05) is 7.11 Å². The van der Waals surface area contributed by atoms with Gasteiger partial charge in [0.2, 0.25) is 0 Å². The van der Waals surface area contributed by atoms with Crippen LogP contribution in [-0.4, -0.2) is 16.9 Å². The molecule has 25 heavy (non-hydrogen) atoms. The molecule has 2 aromatic heterocycles. The highest BCUT2D eigenvalue weighted by atomic mass is 19.1. The van der Waals surface area contributed by atoms with Crippen LogP contribution in [0.15, 0.2) is 47.0 Å². The molecule has 1 unspecified atom stereocenters. The molecule has 0 radical (unpaired) electrons. The molecule has 0 aliphatic carbocycles. The van der Waals surface area contributed by atoms with Gasteiger partial charge in [-0.25, -0.2) is 9.07 Å². The highest BCUT2D eigenvalue weighted by Gasteiger charge is 2.15. The normalized spacial score (nSPS) is 12.5. The van der Waals surface area contributed by atoms with E-state index in [-0.39, 0.29) is 11.9 Å². The van der Waals surface area contributed by atoms with Gasteiger partial charge in [-0.1, -0.05) is 6.07 Å². The molecular weight excluding hydrogens is 321 g/mol. The Kier molecular flexibility index (Phi) is 5.31. The molecule has 0 amide bonds. The molecule has 0 fully saturated rings. The highest BCUT2D eigenvalue weighted by Crippen LogP contribution is 2.21. The fourth-order valence-corrected chi connectivity index (χ4v) is 2.82. The van der Waals surface area contributed by atoms with Gasteiger partial charge in [-0.05, 0) is 44.2 Å². The quantitative estimate of drug-likeness (QED) is 0.707. The third-order valence-corrected chi connectivity index (χ3v) is 4.15. The first kappa shape index (κ1) is 17.4. The summed E-state index contributed by atoms with van der Waals surface area (Å²) in [6, 6.07) is 10.4. The van der Waals surface area contributed by atoms with Crippen molar-refractivity contribution in [1.82, 2.24) is 15.1 Å². The van der Waals surface area contributed by atoms with E-state index in [0.717, 1.165) is 22.8 Å². The van der Waals surface area contributed by atoms with Crippen LogP contribution in [0.25, 0.3) is 5.69 Å². The summed E-state index contributed by atoms with van der Waals surface area (Å²) in [7, 11) is 1.64. The Morgan fingerprint density at radius 2 is 2.08 bits per heavy atom. The van der Waals surface area contributed by atoms with Gasteiger partial charge >= 0.3 is 0 Å². The average Bonchev–Trinajstić information content (AvgIpc) is 3.20. The van der Waals surface area contributed by atoms with E-state index in [1.807, 2.05) is 31.3 Å². The van der Waals surface area contributed by atoms with Gasteiger partial charge < -0.3 is 14.5 Å². The Hall–Kier alpha value is -2.44. The maximum absolute atomic E-state index is 13.4. The Labute approximate surface area is 146 Å². The molecule has 5 nitrogen and oxygen atoms in total. The summed E-state index contributed by atoms with van der Waals surface area (Å²) in [6.07, 6.45) is 1.82. The Bertz CT molecular complexity index is 841. The average molecular weight is 343 g/mol. The number of rotatable bonds is 7. The molecule has 0 aliphatic heterocycles. The van der Waals surface area contributed by atoms with Crippen LogP contribution in [0.1, 0.15) is 35.7 Å². The molecule has 0 saturated heterocycles. The van der Waals surface area contributed by atoms with Crippen LogP contribution >= 0.6 is 0 Å². The summed E-state index contributed by atoms with van der Waals surface area (Å²) in [6.45, 7) is 5.12. The van der Waals surface area contributed by atoms with Gasteiger partial charge in [0.05, 0.1) is 18.4 Å². The van der Waals surface area contributed by atoms with Crippen molar-refractivity contribution in [3.05, 3.63) is 71.2 Å². The smallest absolute Gasteiger partial charge is 0.129 e. The largest absolute Gasteiger partial charge is 0.462 e. The van der Waals surface area contributed by atoms with E-state index in [1.165, 1.54) is 12.1 Å². The van der Waals surface area contributed by atoms with Crippen molar-refractivity contribution < 1.29 is 13.5 Å². The second-order valence-electron chi connectivity index (χ2n) is 5.98. The number of benzene rings is 1. The van der Waals surface area contributed by atoms with Crippen LogP contribution in [0.5, 0.6) is 0 Å². The van der Waals surface area contributed by atoms with Gasteiger partial charge in [-0.2, -0.15) is 5.10 Å². The topological polar surface area (TPSA) is 52.2 Å². The molecule has 6 heteroatoms. The summed E-state index contributed by atoms with van der Waals surface area (Å²) in [5, 5.41) is 7.83.